The van der Waals surface area contributed by atoms with Crippen LogP contribution in [0, 0.1) is 0 Å². The van der Waals surface area contributed by atoms with Crippen LogP contribution in [0.4, 0.5) is 23.3 Å². The van der Waals surface area contributed by atoms with Crippen molar-refractivity contribution >= 4 is 23.3 Å². The molecule has 20 heavy (non-hydrogen) atoms. The third-order valence-electron chi connectivity index (χ3n) is 2.55. The summed E-state index contributed by atoms with van der Waals surface area (Å²) < 4.78 is 4.99. The molecule has 1 aromatic carbocycles. The molecule has 8 heteroatoms. The lowest BCUT2D eigenvalue weighted by atomic mass is 10.2. The normalized spacial score (nSPS) is 10.0. The maximum Gasteiger partial charge on any atom is 0.322 e. The summed E-state index contributed by atoms with van der Waals surface area (Å²) in [5.74, 6) is 5.88. The van der Waals surface area contributed by atoms with E-state index in [9.17, 15) is 0 Å². The largest absolute Gasteiger partial charge is 0.467 e. The number of aromatic nitrogens is 3. The number of rotatable bonds is 5. The molecule has 1 heterocycles. The van der Waals surface area contributed by atoms with Gasteiger partial charge >= 0.3 is 6.01 Å². The molecular formula is C12H17N7O. The van der Waals surface area contributed by atoms with Gasteiger partial charge in [0.15, 0.2) is 0 Å². The van der Waals surface area contributed by atoms with Crippen LogP contribution in [0.15, 0.2) is 24.3 Å². The summed E-state index contributed by atoms with van der Waals surface area (Å²) in [6.45, 7) is 0. The lowest BCUT2D eigenvalue weighted by Gasteiger charge is -2.14. The molecule has 0 aliphatic rings. The number of hydrogen-bond donors (Lipinski definition) is 3. The van der Waals surface area contributed by atoms with E-state index in [1.54, 1.807) is 0 Å². The Hall–Kier alpha value is -2.61. The Morgan fingerprint density at radius 2 is 1.90 bits per heavy atom. The van der Waals surface area contributed by atoms with Crippen LogP contribution in [-0.2, 0) is 0 Å². The Morgan fingerprint density at radius 3 is 2.55 bits per heavy atom. The van der Waals surface area contributed by atoms with E-state index in [1.807, 2.05) is 43.3 Å². The number of benzene rings is 1. The second kappa shape index (κ2) is 6.02. The summed E-state index contributed by atoms with van der Waals surface area (Å²) in [4.78, 5) is 14.1. The van der Waals surface area contributed by atoms with E-state index in [2.05, 4.69) is 25.7 Å². The van der Waals surface area contributed by atoms with Gasteiger partial charge in [0.05, 0.1) is 7.11 Å². The predicted molar refractivity (Wildman–Crippen MR) is 78.2 cm³/mol. The van der Waals surface area contributed by atoms with Crippen molar-refractivity contribution in [3.8, 4) is 6.01 Å². The molecular weight excluding hydrogens is 258 g/mol. The van der Waals surface area contributed by atoms with Gasteiger partial charge < -0.3 is 15.0 Å². The summed E-state index contributed by atoms with van der Waals surface area (Å²) >= 11 is 0. The smallest absolute Gasteiger partial charge is 0.322 e. The molecule has 0 unspecified atom stereocenters. The molecule has 0 aliphatic carbocycles. The highest BCUT2D eigenvalue weighted by Gasteiger charge is 2.06. The molecule has 2 rings (SSSR count). The van der Waals surface area contributed by atoms with E-state index >= 15 is 0 Å². The first-order valence-electron chi connectivity index (χ1n) is 5.93. The van der Waals surface area contributed by atoms with Crippen LogP contribution in [0.5, 0.6) is 6.01 Å². The monoisotopic (exact) mass is 275 g/mol. The van der Waals surface area contributed by atoms with Gasteiger partial charge in [-0.15, -0.1) is 0 Å². The molecule has 0 atom stereocenters. The molecule has 0 bridgehead atoms. The molecule has 0 spiro atoms. The average Bonchev–Trinajstić information content (AvgIpc) is 2.47. The quantitative estimate of drug-likeness (QED) is 0.548. The minimum Gasteiger partial charge on any atom is -0.467 e. The zero-order valence-corrected chi connectivity index (χ0v) is 11.6. The zero-order chi connectivity index (χ0) is 14.5. The molecule has 0 fully saturated rings. The van der Waals surface area contributed by atoms with E-state index in [0.29, 0.717) is 5.95 Å². The maximum atomic E-state index is 5.31. The number of hydrazine groups is 1. The summed E-state index contributed by atoms with van der Waals surface area (Å²) in [5.41, 5.74) is 4.28. The van der Waals surface area contributed by atoms with Crippen molar-refractivity contribution in [3.63, 3.8) is 0 Å². The highest BCUT2D eigenvalue weighted by Crippen LogP contribution is 2.20. The van der Waals surface area contributed by atoms with Gasteiger partial charge in [-0.05, 0) is 18.2 Å². The van der Waals surface area contributed by atoms with Crippen molar-refractivity contribution in [2.75, 3.05) is 36.8 Å². The second-order valence-corrected chi connectivity index (χ2v) is 4.18. The first-order valence-corrected chi connectivity index (χ1v) is 5.93. The topological polar surface area (TPSA) is 101 Å². The number of ether oxygens (including phenoxy) is 1. The van der Waals surface area contributed by atoms with Crippen LogP contribution in [0.2, 0.25) is 0 Å². The predicted octanol–water partition coefficient (Wildman–Crippen LogP) is 0.975. The molecule has 0 radical (unpaired) electrons. The van der Waals surface area contributed by atoms with Crippen molar-refractivity contribution < 1.29 is 4.74 Å². The summed E-state index contributed by atoms with van der Waals surface area (Å²) in [5, 5.41) is 3.08. The highest BCUT2D eigenvalue weighted by molar-refractivity contribution is 5.62. The molecule has 0 aliphatic heterocycles. The molecule has 2 aromatic rings. The Morgan fingerprint density at radius 1 is 1.15 bits per heavy atom. The van der Waals surface area contributed by atoms with E-state index in [0.717, 1.165) is 11.4 Å². The SMILES string of the molecule is COc1nc(NN)nc(Nc2cccc(N(C)C)c2)n1. The first kappa shape index (κ1) is 13.8. The zero-order valence-electron chi connectivity index (χ0n) is 11.6. The maximum absolute atomic E-state index is 5.31. The van der Waals surface area contributed by atoms with Gasteiger partial charge in [0.25, 0.3) is 0 Å². The lowest BCUT2D eigenvalue weighted by Crippen LogP contribution is -2.13. The first-order chi connectivity index (χ1) is 9.62. The molecule has 4 N–H and O–H groups in total. The Bertz CT molecular complexity index is 566. The van der Waals surface area contributed by atoms with Crippen LogP contribution in [0.25, 0.3) is 0 Å². The molecule has 0 saturated heterocycles. The lowest BCUT2D eigenvalue weighted by molar-refractivity contribution is 0.379. The van der Waals surface area contributed by atoms with E-state index in [-0.39, 0.29) is 12.0 Å². The van der Waals surface area contributed by atoms with E-state index in [1.165, 1.54) is 7.11 Å². The third-order valence-corrected chi connectivity index (χ3v) is 2.55. The standard InChI is InChI=1S/C12H17N7O/c1-19(2)9-6-4-5-8(7-9)14-10-15-11(18-13)17-12(16-10)20-3/h4-7H,13H2,1-3H3,(H2,14,15,16,17,18). The van der Waals surface area contributed by atoms with Gasteiger partial charge in [-0.1, -0.05) is 6.07 Å². The van der Waals surface area contributed by atoms with Gasteiger partial charge in [-0.3, -0.25) is 5.43 Å². The summed E-state index contributed by atoms with van der Waals surface area (Å²) in [6, 6.07) is 8.02. The number of nitrogens with two attached hydrogens (primary N) is 1. The average molecular weight is 275 g/mol. The van der Waals surface area contributed by atoms with Crippen LogP contribution < -0.4 is 26.2 Å². The molecule has 106 valence electrons. The van der Waals surface area contributed by atoms with Crippen LogP contribution >= 0.6 is 0 Å². The van der Waals surface area contributed by atoms with Crippen molar-refractivity contribution in [2.24, 2.45) is 5.84 Å². The van der Waals surface area contributed by atoms with Gasteiger partial charge in [0, 0.05) is 25.5 Å². The molecule has 0 amide bonds. The van der Waals surface area contributed by atoms with Crippen LogP contribution in [-0.4, -0.2) is 36.2 Å². The van der Waals surface area contributed by atoms with E-state index in [4.69, 9.17) is 10.6 Å². The summed E-state index contributed by atoms with van der Waals surface area (Å²) in [6.07, 6.45) is 0. The number of methoxy groups -OCH3 is 1. The van der Waals surface area contributed by atoms with Crippen LogP contribution in [0.1, 0.15) is 0 Å². The van der Waals surface area contributed by atoms with Crippen molar-refractivity contribution in [2.45, 2.75) is 0 Å². The Labute approximate surface area is 117 Å². The van der Waals surface area contributed by atoms with Crippen molar-refractivity contribution in [1.29, 1.82) is 0 Å². The number of nitrogen functional groups attached to an aromatic ring is 1. The van der Waals surface area contributed by atoms with Crippen molar-refractivity contribution in [3.05, 3.63) is 24.3 Å². The molecule has 1 aromatic heterocycles. The van der Waals surface area contributed by atoms with Crippen LogP contribution in [0.3, 0.4) is 0 Å². The fourth-order valence-corrected chi connectivity index (χ4v) is 1.56. The minimum absolute atomic E-state index is 0.180. The van der Waals surface area contributed by atoms with Gasteiger partial charge in [0.1, 0.15) is 0 Å². The highest BCUT2D eigenvalue weighted by atomic mass is 16.5. The second-order valence-electron chi connectivity index (χ2n) is 4.18. The number of nitrogens with zero attached hydrogens (tertiary/aromatic N) is 4. The van der Waals surface area contributed by atoms with Gasteiger partial charge in [-0.2, -0.15) is 15.0 Å². The fourth-order valence-electron chi connectivity index (χ4n) is 1.56. The fraction of sp³-hybridized carbons (Fsp3) is 0.250. The number of nitrogens with one attached hydrogen (secondary N) is 2. The van der Waals surface area contributed by atoms with E-state index < -0.39 is 0 Å². The summed E-state index contributed by atoms with van der Waals surface area (Å²) in [7, 11) is 5.43. The molecule has 0 saturated carbocycles. The van der Waals surface area contributed by atoms with Crippen molar-refractivity contribution in [1.82, 2.24) is 15.0 Å². The Balaban J connectivity index is 2.27. The Kier molecular flexibility index (Phi) is 4.16. The number of hydrogen-bond acceptors (Lipinski definition) is 8. The third kappa shape index (κ3) is 3.23. The minimum atomic E-state index is 0.180. The van der Waals surface area contributed by atoms with Gasteiger partial charge in [-0.25, -0.2) is 5.84 Å². The number of anilines is 4. The molecule has 8 nitrogen and oxygen atoms in total. The van der Waals surface area contributed by atoms with Gasteiger partial charge in [0.2, 0.25) is 11.9 Å².